The molecule has 0 bridgehead atoms. The number of nitrogens with two attached hydrogens (primary N) is 1. The summed E-state index contributed by atoms with van der Waals surface area (Å²) in [6.45, 7) is 1.75. The van der Waals surface area contributed by atoms with E-state index in [0.29, 0.717) is 12.0 Å². The van der Waals surface area contributed by atoms with Crippen molar-refractivity contribution in [3.63, 3.8) is 0 Å². The van der Waals surface area contributed by atoms with Gasteiger partial charge in [0.05, 0.1) is 13.1 Å². The van der Waals surface area contributed by atoms with E-state index < -0.39 is 17.8 Å². The van der Waals surface area contributed by atoms with Gasteiger partial charge in [-0.3, -0.25) is 24.7 Å². The average molecular weight is 455 g/mol. The third kappa shape index (κ3) is 4.74. The van der Waals surface area contributed by atoms with Gasteiger partial charge < -0.3 is 20.7 Å². The molecule has 0 aromatic heterocycles. The van der Waals surface area contributed by atoms with Crippen LogP contribution < -0.4 is 15.8 Å². The molecule has 2 heterocycles. The van der Waals surface area contributed by atoms with Crippen LogP contribution in [0.15, 0.2) is 42.3 Å². The molecule has 1 aliphatic carbocycles. The lowest BCUT2D eigenvalue weighted by atomic mass is 10.1. The summed E-state index contributed by atoms with van der Waals surface area (Å²) in [4.78, 5) is 39.1. The minimum Gasteiger partial charge on any atom is -0.457 e. The molecule has 10 heteroatoms. The Morgan fingerprint density at radius 2 is 2.12 bits per heavy atom. The second-order valence-corrected chi connectivity index (χ2v) is 8.49. The van der Waals surface area contributed by atoms with Crippen LogP contribution in [0, 0.1) is 11.2 Å². The van der Waals surface area contributed by atoms with Crippen molar-refractivity contribution in [2.24, 2.45) is 5.73 Å². The van der Waals surface area contributed by atoms with Crippen molar-refractivity contribution in [1.29, 1.82) is 5.41 Å². The minimum atomic E-state index is -0.750. The molecule has 1 aromatic rings. The molecule has 2 fully saturated rings. The number of primary amides is 1. The van der Waals surface area contributed by atoms with Crippen LogP contribution in [-0.2, 0) is 14.4 Å². The fraction of sp³-hybridized carbons (Fsp3) is 0.391. The summed E-state index contributed by atoms with van der Waals surface area (Å²) in [6.07, 6.45) is 6.27. The Bertz CT molecular complexity index is 1060. The van der Waals surface area contributed by atoms with Gasteiger partial charge in [-0.15, -0.1) is 0 Å². The van der Waals surface area contributed by atoms with Gasteiger partial charge in [0.15, 0.2) is 11.6 Å². The second-order valence-electron chi connectivity index (χ2n) is 8.49. The molecule has 1 saturated carbocycles. The van der Waals surface area contributed by atoms with Crippen LogP contribution in [0.1, 0.15) is 37.7 Å². The molecule has 1 unspecified atom stereocenters. The number of hydrogen-bond donors (Lipinski definition) is 3. The molecule has 2 aliphatic heterocycles. The number of ether oxygens (including phenoxy) is 1. The summed E-state index contributed by atoms with van der Waals surface area (Å²) in [6, 6.07) is 3.96. The lowest BCUT2D eigenvalue weighted by Gasteiger charge is -2.23. The molecule has 0 radical (unpaired) electrons. The van der Waals surface area contributed by atoms with E-state index in [1.165, 1.54) is 34.2 Å². The average Bonchev–Trinajstić information content (AvgIpc) is 3.47. The first-order chi connectivity index (χ1) is 15.8. The molecule has 1 saturated heterocycles. The molecule has 3 amide bonds. The van der Waals surface area contributed by atoms with Crippen molar-refractivity contribution in [2.75, 3.05) is 13.1 Å². The molecular formula is C23H26FN5O4. The quantitative estimate of drug-likeness (QED) is 0.403. The van der Waals surface area contributed by atoms with Crippen molar-refractivity contribution >= 4 is 23.6 Å². The van der Waals surface area contributed by atoms with Crippen LogP contribution in [0.25, 0.3) is 0 Å². The summed E-state index contributed by atoms with van der Waals surface area (Å²) in [5.41, 5.74) is 5.67. The summed E-state index contributed by atoms with van der Waals surface area (Å²) in [5, 5.41) is 10.8. The van der Waals surface area contributed by atoms with Crippen LogP contribution in [0.4, 0.5) is 4.39 Å². The summed E-state index contributed by atoms with van der Waals surface area (Å²) in [5.74, 6) is -1.22. The molecule has 2 atom stereocenters. The molecule has 3 aliphatic rings. The third-order valence-corrected chi connectivity index (χ3v) is 5.94. The highest BCUT2D eigenvalue weighted by molar-refractivity contribution is 6.07. The number of amides is 3. The maximum Gasteiger partial charge on any atom is 0.251 e. The van der Waals surface area contributed by atoms with Gasteiger partial charge in [-0.2, -0.15) is 0 Å². The van der Waals surface area contributed by atoms with E-state index in [-0.39, 0.29) is 54.2 Å². The van der Waals surface area contributed by atoms with Gasteiger partial charge in [-0.05, 0) is 49.8 Å². The van der Waals surface area contributed by atoms with Crippen LogP contribution in [-0.4, -0.2) is 58.5 Å². The van der Waals surface area contributed by atoms with E-state index in [1.807, 2.05) is 0 Å². The topological polar surface area (TPSA) is 129 Å². The Hall–Kier alpha value is -3.69. The Balaban J connectivity index is 1.40. The number of nitrogens with one attached hydrogen (secondary N) is 2. The van der Waals surface area contributed by atoms with Gasteiger partial charge in [0.1, 0.15) is 17.6 Å². The highest BCUT2D eigenvalue weighted by Gasteiger charge is 2.45. The van der Waals surface area contributed by atoms with E-state index in [9.17, 15) is 18.8 Å². The Kier molecular flexibility index (Phi) is 6.17. The lowest BCUT2D eigenvalue weighted by Crippen LogP contribution is -2.44. The molecule has 4 rings (SSSR count). The number of carbonyl (C=O) groups is 3. The standard InChI is InChI=1S/C23H26FN5O4/c1-13-9-17(23(32)29(13)19(25)7-8-27-11-20(26)30)28-12-15(10-21(28)31)33-18-4-2-3-16(22(18)24)14-5-6-14/h2-4,7-8,10,13-14,17,25,27H,5-6,9,11-12H2,1H3,(H2,26,30)/b8-7-,25-19?/t13?,17-/m0/s1. The number of hydrogen-bond acceptors (Lipinski definition) is 6. The van der Waals surface area contributed by atoms with Gasteiger partial charge in [0.25, 0.3) is 11.8 Å². The number of benzene rings is 1. The van der Waals surface area contributed by atoms with E-state index in [1.54, 1.807) is 19.1 Å². The summed E-state index contributed by atoms with van der Waals surface area (Å²) in [7, 11) is 0. The first-order valence-corrected chi connectivity index (χ1v) is 10.8. The van der Waals surface area contributed by atoms with E-state index in [2.05, 4.69) is 5.32 Å². The van der Waals surface area contributed by atoms with Crippen molar-refractivity contribution in [2.45, 2.75) is 44.2 Å². The Morgan fingerprint density at radius 3 is 2.82 bits per heavy atom. The normalized spacial score (nSPS) is 22.8. The Morgan fingerprint density at radius 1 is 1.36 bits per heavy atom. The van der Waals surface area contributed by atoms with Crippen molar-refractivity contribution in [3.8, 4) is 5.75 Å². The number of likely N-dealkylation sites (tertiary alicyclic amines) is 1. The van der Waals surface area contributed by atoms with Crippen molar-refractivity contribution in [3.05, 3.63) is 53.7 Å². The number of rotatable bonds is 8. The van der Waals surface area contributed by atoms with E-state index in [0.717, 1.165) is 12.8 Å². The molecule has 9 nitrogen and oxygen atoms in total. The van der Waals surface area contributed by atoms with E-state index >= 15 is 0 Å². The fourth-order valence-electron chi connectivity index (χ4n) is 4.20. The first-order valence-electron chi connectivity index (χ1n) is 10.8. The smallest absolute Gasteiger partial charge is 0.251 e. The third-order valence-electron chi connectivity index (χ3n) is 5.94. The number of halogens is 1. The van der Waals surface area contributed by atoms with Gasteiger partial charge in [-0.25, -0.2) is 4.39 Å². The molecular weight excluding hydrogens is 429 g/mol. The highest BCUT2D eigenvalue weighted by atomic mass is 19.1. The lowest BCUT2D eigenvalue weighted by molar-refractivity contribution is -0.136. The fourth-order valence-corrected chi connectivity index (χ4v) is 4.20. The molecule has 174 valence electrons. The summed E-state index contributed by atoms with van der Waals surface area (Å²) >= 11 is 0. The largest absolute Gasteiger partial charge is 0.457 e. The van der Waals surface area contributed by atoms with Gasteiger partial charge in [0.2, 0.25) is 5.91 Å². The number of amidine groups is 1. The highest BCUT2D eigenvalue weighted by Crippen LogP contribution is 2.43. The SMILES string of the molecule is CC1C[C@H](N2CC(Oc3cccc(C4CC4)c3F)=CC2=O)C(=O)N1C(=N)/C=C\NCC(N)=O. The van der Waals surface area contributed by atoms with Crippen molar-refractivity contribution in [1.82, 2.24) is 15.1 Å². The van der Waals surface area contributed by atoms with Gasteiger partial charge >= 0.3 is 0 Å². The predicted molar refractivity (Wildman–Crippen MR) is 118 cm³/mol. The van der Waals surface area contributed by atoms with Crippen LogP contribution in [0.3, 0.4) is 0 Å². The van der Waals surface area contributed by atoms with Gasteiger partial charge in [-0.1, -0.05) is 12.1 Å². The maximum absolute atomic E-state index is 14.8. The van der Waals surface area contributed by atoms with Crippen LogP contribution in [0.2, 0.25) is 0 Å². The number of nitrogens with zero attached hydrogens (tertiary/aromatic N) is 2. The Labute approximate surface area is 190 Å². The molecule has 1 aromatic carbocycles. The zero-order valence-corrected chi connectivity index (χ0v) is 18.2. The maximum atomic E-state index is 14.8. The predicted octanol–water partition coefficient (Wildman–Crippen LogP) is 1.36. The first kappa shape index (κ1) is 22.5. The van der Waals surface area contributed by atoms with Gasteiger partial charge in [0, 0.05) is 18.3 Å². The molecule has 0 spiro atoms. The monoisotopic (exact) mass is 455 g/mol. The van der Waals surface area contributed by atoms with Crippen LogP contribution in [0.5, 0.6) is 5.75 Å². The van der Waals surface area contributed by atoms with E-state index in [4.69, 9.17) is 15.9 Å². The zero-order chi connectivity index (χ0) is 23.7. The molecule has 33 heavy (non-hydrogen) atoms. The minimum absolute atomic E-state index is 0.0479. The summed E-state index contributed by atoms with van der Waals surface area (Å²) < 4.78 is 20.5. The molecule has 4 N–H and O–H groups in total. The zero-order valence-electron chi connectivity index (χ0n) is 18.2. The van der Waals surface area contributed by atoms with Crippen LogP contribution >= 0.6 is 0 Å². The number of carbonyl (C=O) groups excluding carboxylic acids is 3. The second kappa shape index (κ2) is 9.05. The van der Waals surface area contributed by atoms with Crippen molar-refractivity contribution < 1.29 is 23.5 Å².